The van der Waals surface area contributed by atoms with Crippen LogP contribution in [-0.4, -0.2) is 60.6 Å². The molecule has 2 rings (SSSR count). The molecule has 0 spiro atoms. The zero-order valence-corrected chi connectivity index (χ0v) is 21.1. The van der Waals surface area contributed by atoms with E-state index in [0.29, 0.717) is 12.1 Å². The van der Waals surface area contributed by atoms with E-state index >= 15 is 0 Å². The molecule has 34 heavy (non-hydrogen) atoms. The maximum absolute atomic E-state index is 12.9. The summed E-state index contributed by atoms with van der Waals surface area (Å²) in [5.74, 6) is -2.18. The molecule has 1 aliphatic heterocycles. The van der Waals surface area contributed by atoms with Crippen molar-refractivity contribution in [1.29, 1.82) is 0 Å². The van der Waals surface area contributed by atoms with Crippen molar-refractivity contribution in [2.24, 2.45) is 0 Å². The van der Waals surface area contributed by atoms with E-state index < -0.39 is 23.6 Å². The van der Waals surface area contributed by atoms with Gasteiger partial charge in [-0.1, -0.05) is 26.0 Å². The topological polar surface area (TPSA) is 99.2 Å². The molecule has 0 atom stereocenters. The summed E-state index contributed by atoms with van der Waals surface area (Å²) in [6.45, 7) is 13.6. The first-order valence-electron chi connectivity index (χ1n) is 11.3. The number of esters is 2. The Hall–Kier alpha value is -3.23. The summed E-state index contributed by atoms with van der Waals surface area (Å²) in [6, 6.07) is 5.88. The first kappa shape index (κ1) is 30.8. The number of benzene rings is 1. The first-order valence-corrected chi connectivity index (χ1v) is 11.3. The van der Waals surface area contributed by atoms with Crippen molar-refractivity contribution in [3.63, 3.8) is 0 Å². The monoisotopic (exact) mass is 481 g/mol. The van der Waals surface area contributed by atoms with Gasteiger partial charge in [-0.25, -0.2) is 18.8 Å². The van der Waals surface area contributed by atoms with Crippen molar-refractivity contribution in [2.45, 2.75) is 60.5 Å². The highest BCUT2D eigenvalue weighted by molar-refractivity contribution is 6.29. The Morgan fingerprint density at radius 1 is 1.00 bits per heavy atom. The summed E-state index contributed by atoms with van der Waals surface area (Å²) >= 11 is 0. The van der Waals surface area contributed by atoms with Gasteiger partial charge >= 0.3 is 18.0 Å². The highest BCUT2D eigenvalue weighted by Gasteiger charge is 2.28. The van der Waals surface area contributed by atoms with Gasteiger partial charge in [-0.05, 0) is 58.4 Å². The lowest BCUT2D eigenvalue weighted by Gasteiger charge is -2.30. The number of amides is 1. The largest absolute Gasteiger partial charge is 0.458 e. The normalized spacial score (nSPS) is 14.2. The third-order valence-corrected chi connectivity index (χ3v) is 3.91. The predicted molar refractivity (Wildman–Crippen MR) is 126 cm³/mol. The van der Waals surface area contributed by atoms with Gasteiger partial charge in [-0.15, -0.1) is 0 Å². The Balaban J connectivity index is 0.000000767. The molecule has 1 aromatic carbocycles. The molecular weight excluding hydrogens is 445 g/mol. The Bertz CT molecular complexity index is 826. The van der Waals surface area contributed by atoms with Crippen molar-refractivity contribution in [1.82, 2.24) is 4.90 Å². The van der Waals surface area contributed by atoms with Crippen LogP contribution in [0.2, 0.25) is 0 Å². The number of Topliss-reactive ketones (excluding diaryl/α,β-unsaturated/α-hetero) is 1. The number of piperidine rings is 1. The molecule has 0 saturated carbocycles. The van der Waals surface area contributed by atoms with Gasteiger partial charge in [0.2, 0.25) is 0 Å². The number of carbonyl (C=O) groups excluding carboxylic acids is 4. The lowest BCUT2D eigenvalue weighted by atomic mass is 10.0. The van der Waals surface area contributed by atoms with Crippen LogP contribution in [0.15, 0.2) is 29.8 Å². The van der Waals surface area contributed by atoms with Crippen LogP contribution in [0.25, 0.3) is 6.08 Å². The van der Waals surface area contributed by atoms with Gasteiger partial charge in [0.1, 0.15) is 11.4 Å². The molecule has 1 saturated heterocycles. The van der Waals surface area contributed by atoms with E-state index in [0.717, 1.165) is 5.56 Å². The number of halogens is 1. The average molecular weight is 482 g/mol. The van der Waals surface area contributed by atoms with Crippen molar-refractivity contribution in [3.05, 3.63) is 41.2 Å². The molecule has 9 heteroatoms. The molecule has 1 aliphatic rings. The van der Waals surface area contributed by atoms with Crippen LogP contribution in [0.5, 0.6) is 0 Å². The second kappa shape index (κ2) is 15.6. The van der Waals surface area contributed by atoms with Crippen LogP contribution in [0.3, 0.4) is 0 Å². The van der Waals surface area contributed by atoms with Gasteiger partial charge < -0.3 is 19.1 Å². The predicted octanol–water partition coefficient (Wildman–Crippen LogP) is 4.56. The van der Waals surface area contributed by atoms with Crippen LogP contribution in [0.4, 0.5) is 9.18 Å². The molecule has 0 bridgehead atoms. The number of ketones is 1. The molecule has 8 nitrogen and oxygen atoms in total. The minimum absolute atomic E-state index is 0.00383. The summed E-state index contributed by atoms with van der Waals surface area (Å²) < 4.78 is 26.9. The zero-order chi connectivity index (χ0) is 26.3. The van der Waals surface area contributed by atoms with Gasteiger partial charge in [0.25, 0.3) is 0 Å². The smallest absolute Gasteiger partial charge is 0.417 e. The minimum atomic E-state index is -0.927. The lowest BCUT2D eigenvalue weighted by molar-refractivity contribution is -0.167. The molecular formula is C25H36FNO7. The van der Waals surface area contributed by atoms with E-state index in [1.807, 2.05) is 13.8 Å². The van der Waals surface area contributed by atoms with E-state index in [-0.39, 0.29) is 37.8 Å². The molecule has 1 amide bonds. The first-order chi connectivity index (χ1) is 16.0. The van der Waals surface area contributed by atoms with Crippen LogP contribution in [-0.2, 0) is 28.6 Å². The Labute approximate surface area is 201 Å². The highest BCUT2D eigenvalue weighted by atomic mass is 19.1. The molecule has 0 radical (unpaired) electrons. The third-order valence-electron chi connectivity index (χ3n) is 3.91. The number of ether oxygens (including phenoxy) is 3. The number of carbonyl (C=O) groups is 4. The molecule has 0 N–H and O–H groups in total. The highest BCUT2D eigenvalue weighted by Crippen LogP contribution is 2.19. The Morgan fingerprint density at radius 2 is 1.50 bits per heavy atom. The molecule has 1 aromatic rings. The SMILES string of the molecule is CC.CC(C)(C)OC(=O)N1CCC(=O)/C(=C/c2ccc(F)cc2)C1.CCOC(=O)C(=O)OCC. The molecule has 0 aromatic heterocycles. The third kappa shape index (κ3) is 12.1. The fourth-order valence-electron chi connectivity index (χ4n) is 2.52. The quantitative estimate of drug-likeness (QED) is 0.270. The van der Waals surface area contributed by atoms with Gasteiger partial charge in [-0.2, -0.15) is 0 Å². The van der Waals surface area contributed by atoms with Gasteiger partial charge in [-0.3, -0.25) is 4.79 Å². The molecule has 1 heterocycles. The maximum Gasteiger partial charge on any atom is 0.417 e. The molecule has 190 valence electrons. The Kier molecular flexibility index (Phi) is 14.1. The van der Waals surface area contributed by atoms with Gasteiger partial charge in [0.05, 0.1) is 19.8 Å². The number of nitrogens with zero attached hydrogens (tertiary/aromatic N) is 1. The van der Waals surface area contributed by atoms with Crippen molar-refractivity contribution in [2.75, 3.05) is 26.3 Å². The number of hydrogen-bond donors (Lipinski definition) is 0. The fraction of sp³-hybridized carbons (Fsp3) is 0.520. The summed E-state index contributed by atoms with van der Waals surface area (Å²) in [6.07, 6.45) is 1.54. The number of likely N-dealkylation sites (tertiary alicyclic amines) is 1. The zero-order valence-electron chi connectivity index (χ0n) is 21.1. The molecule has 0 unspecified atom stereocenters. The Morgan fingerprint density at radius 3 is 1.94 bits per heavy atom. The van der Waals surface area contributed by atoms with Crippen molar-refractivity contribution in [3.8, 4) is 0 Å². The van der Waals surface area contributed by atoms with E-state index in [9.17, 15) is 23.6 Å². The van der Waals surface area contributed by atoms with Crippen molar-refractivity contribution < 1.29 is 37.8 Å². The van der Waals surface area contributed by atoms with Crippen molar-refractivity contribution >= 4 is 29.9 Å². The van der Waals surface area contributed by atoms with E-state index in [1.165, 1.54) is 17.0 Å². The van der Waals surface area contributed by atoms with Crippen LogP contribution in [0.1, 0.15) is 60.5 Å². The lowest BCUT2D eigenvalue weighted by Crippen LogP contribution is -2.42. The summed E-state index contributed by atoms with van der Waals surface area (Å²) in [7, 11) is 0. The maximum atomic E-state index is 12.9. The molecule has 0 aliphatic carbocycles. The van der Waals surface area contributed by atoms with Gasteiger partial charge in [0, 0.05) is 18.5 Å². The van der Waals surface area contributed by atoms with Crippen LogP contribution in [0, 0.1) is 5.82 Å². The summed E-state index contributed by atoms with van der Waals surface area (Å²) in [5, 5.41) is 0. The summed E-state index contributed by atoms with van der Waals surface area (Å²) in [4.78, 5) is 46.5. The number of hydrogen-bond acceptors (Lipinski definition) is 7. The minimum Gasteiger partial charge on any atom is -0.458 e. The van der Waals surface area contributed by atoms with E-state index in [2.05, 4.69) is 9.47 Å². The standard InChI is InChI=1S/C17H20FNO3.C6H10O4.C2H6/c1-17(2,3)22-16(21)19-9-8-15(20)13(11-19)10-12-4-6-14(18)7-5-12;1-3-9-5(7)6(8)10-4-2;1-2/h4-7,10H,8-9,11H2,1-3H3;3-4H2,1-2H3;1-2H3/b13-10+;;. The average Bonchev–Trinajstić information content (AvgIpc) is 2.78. The molecule has 1 fully saturated rings. The second-order valence-electron chi connectivity index (χ2n) is 7.74. The fourth-order valence-corrected chi connectivity index (χ4v) is 2.52. The van der Waals surface area contributed by atoms with Crippen LogP contribution >= 0.6 is 0 Å². The van der Waals surface area contributed by atoms with Gasteiger partial charge in [0.15, 0.2) is 5.78 Å². The second-order valence-corrected chi connectivity index (χ2v) is 7.74. The van der Waals surface area contributed by atoms with E-state index in [1.54, 1.807) is 52.8 Å². The van der Waals surface area contributed by atoms with E-state index in [4.69, 9.17) is 4.74 Å². The summed E-state index contributed by atoms with van der Waals surface area (Å²) in [5.41, 5.74) is 0.693. The number of rotatable bonds is 3. The van der Waals surface area contributed by atoms with Crippen LogP contribution < -0.4 is 0 Å².